The molecule has 110 valence electrons. The highest BCUT2D eigenvalue weighted by Crippen LogP contribution is 2.06. The van der Waals surface area contributed by atoms with Gasteiger partial charge in [-0.2, -0.15) is 0 Å². The van der Waals surface area contributed by atoms with Crippen LogP contribution in [-0.2, 0) is 11.2 Å². The normalized spacial score (nSPS) is 9.84. The molecule has 0 aromatic heterocycles. The summed E-state index contributed by atoms with van der Waals surface area (Å²) in [5, 5.41) is 16.2. The largest absolute Gasteiger partial charge is 0.394 e. The van der Waals surface area contributed by atoms with Gasteiger partial charge in [0.15, 0.2) is 0 Å². The molecule has 0 saturated heterocycles. The van der Waals surface area contributed by atoms with Crippen molar-refractivity contribution in [1.29, 1.82) is 0 Å². The average Bonchev–Trinajstić information content (AvgIpc) is 2.46. The maximum absolute atomic E-state index is 8.09. The Hall–Kier alpha value is -0.900. The van der Waals surface area contributed by atoms with E-state index in [4.69, 9.17) is 10.2 Å². The van der Waals surface area contributed by atoms with E-state index < -0.39 is 0 Å². The van der Waals surface area contributed by atoms with Crippen molar-refractivity contribution in [2.24, 2.45) is 0 Å². The molecule has 0 atom stereocenters. The summed E-state index contributed by atoms with van der Waals surface area (Å²) in [5.41, 5.74) is 1.48. The molecule has 0 aliphatic rings. The molecule has 1 rings (SSSR count). The van der Waals surface area contributed by atoms with Crippen molar-refractivity contribution in [1.82, 2.24) is 0 Å². The molecule has 0 aliphatic carbocycles. The van der Waals surface area contributed by atoms with Crippen molar-refractivity contribution in [2.45, 2.75) is 39.0 Å². The Morgan fingerprint density at radius 3 is 2.05 bits per heavy atom. The standard InChI is InChI=1S/C12H18.C4H10O3/c1-2-3-4-6-9-12-10-7-5-8-11-12;5-1-3-7-4-2-6/h5,7-8,10-11H,2-4,6,9H2,1H3;5-6H,1-4H2. The van der Waals surface area contributed by atoms with Gasteiger partial charge in [0.05, 0.1) is 26.4 Å². The second-order valence-corrected chi connectivity index (χ2v) is 4.36. The van der Waals surface area contributed by atoms with Crippen LogP contribution in [0.4, 0.5) is 0 Å². The monoisotopic (exact) mass is 268 g/mol. The molecule has 0 fully saturated rings. The quantitative estimate of drug-likeness (QED) is 0.677. The van der Waals surface area contributed by atoms with Crippen LogP contribution < -0.4 is 0 Å². The predicted molar refractivity (Wildman–Crippen MR) is 79.3 cm³/mol. The molecule has 19 heavy (non-hydrogen) atoms. The van der Waals surface area contributed by atoms with E-state index in [9.17, 15) is 0 Å². The van der Waals surface area contributed by atoms with E-state index in [1.807, 2.05) is 0 Å². The van der Waals surface area contributed by atoms with E-state index in [0.29, 0.717) is 13.2 Å². The lowest BCUT2D eigenvalue weighted by molar-refractivity contribution is 0.0650. The Balaban J connectivity index is 0.000000399. The first-order valence-corrected chi connectivity index (χ1v) is 7.18. The van der Waals surface area contributed by atoms with Crippen LogP contribution in [0.3, 0.4) is 0 Å². The number of hydrogen-bond acceptors (Lipinski definition) is 3. The van der Waals surface area contributed by atoms with Crippen LogP contribution in [0.5, 0.6) is 0 Å². The maximum atomic E-state index is 8.09. The van der Waals surface area contributed by atoms with Crippen molar-refractivity contribution in [3.05, 3.63) is 35.9 Å². The molecule has 0 saturated carbocycles. The lowest BCUT2D eigenvalue weighted by Crippen LogP contribution is -2.03. The first-order valence-electron chi connectivity index (χ1n) is 7.18. The Labute approximate surface area is 117 Å². The number of aliphatic hydroxyl groups excluding tert-OH is 2. The van der Waals surface area contributed by atoms with Crippen LogP contribution in [-0.4, -0.2) is 36.6 Å². The summed E-state index contributed by atoms with van der Waals surface area (Å²) in [4.78, 5) is 0. The molecular formula is C16H28O3. The number of aryl methyl sites for hydroxylation is 1. The summed E-state index contributed by atoms with van der Waals surface area (Å²) in [6.07, 6.45) is 6.69. The number of aliphatic hydroxyl groups is 2. The Morgan fingerprint density at radius 1 is 0.895 bits per heavy atom. The maximum Gasteiger partial charge on any atom is 0.0698 e. The van der Waals surface area contributed by atoms with Gasteiger partial charge in [-0.05, 0) is 18.4 Å². The Kier molecular flexibility index (Phi) is 14.4. The van der Waals surface area contributed by atoms with E-state index in [0.717, 1.165) is 0 Å². The number of hydrogen-bond donors (Lipinski definition) is 2. The highest BCUT2D eigenvalue weighted by Gasteiger charge is 1.90. The highest BCUT2D eigenvalue weighted by atomic mass is 16.5. The molecule has 0 radical (unpaired) electrons. The SMILES string of the molecule is CCCCCCc1ccccc1.OCCOCCO. The van der Waals surface area contributed by atoms with E-state index in [-0.39, 0.29) is 13.2 Å². The van der Waals surface area contributed by atoms with Crippen LogP contribution >= 0.6 is 0 Å². The van der Waals surface area contributed by atoms with Gasteiger partial charge in [-0.3, -0.25) is 0 Å². The van der Waals surface area contributed by atoms with Gasteiger partial charge in [0.2, 0.25) is 0 Å². The third-order valence-electron chi connectivity index (χ3n) is 2.63. The van der Waals surface area contributed by atoms with Crippen LogP contribution in [0.25, 0.3) is 0 Å². The smallest absolute Gasteiger partial charge is 0.0698 e. The molecule has 0 heterocycles. The first-order chi connectivity index (χ1) is 9.35. The molecule has 2 N–H and O–H groups in total. The number of benzene rings is 1. The summed E-state index contributed by atoms with van der Waals surface area (Å²) in [5.74, 6) is 0. The van der Waals surface area contributed by atoms with Gasteiger partial charge >= 0.3 is 0 Å². The summed E-state index contributed by atoms with van der Waals surface area (Å²) >= 11 is 0. The fraction of sp³-hybridized carbons (Fsp3) is 0.625. The molecule has 0 amide bonds. The molecule has 0 bridgehead atoms. The lowest BCUT2D eigenvalue weighted by Gasteiger charge is -1.99. The lowest BCUT2D eigenvalue weighted by atomic mass is 10.1. The van der Waals surface area contributed by atoms with Gasteiger partial charge in [-0.25, -0.2) is 0 Å². The number of unbranched alkanes of at least 4 members (excludes halogenated alkanes) is 3. The topological polar surface area (TPSA) is 49.7 Å². The summed E-state index contributed by atoms with van der Waals surface area (Å²) in [7, 11) is 0. The minimum absolute atomic E-state index is 0.0278. The van der Waals surface area contributed by atoms with E-state index in [2.05, 4.69) is 42.0 Å². The van der Waals surface area contributed by atoms with E-state index in [1.165, 1.54) is 37.7 Å². The third-order valence-corrected chi connectivity index (χ3v) is 2.63. The Morgan fingerprint density at radius 2 is 1.53 bits per heavy atom. The minimum Gasteiger partial charge on any atom is -0.394 e. The molecule has 1 aromatic rings. The number of rotatable bonds is 9. The van der Waals surface area contributed by atoms with Crippen molar-refractivity contribution in [2.75, 3.05) is 26.4 Å². The van der Waals surface area contributed by atoms with Crippen molar-refractivity contribution >= 4 is 0 Å². The molecule has 3 nitrogen and oxygen atoms in total. The Bertz CT molecular complexity index is 258. The zero-order valence-corrected chi connectivity index (χ0v) is 12.1. The second kappa shape index (κ2) is 15.2. The minimum atomic E-state index is 0.0278. The molecule has 0 unspecified atom stereocenters. The highest BCUT2D eigenvalue weighted by molar-refractivity contribution is 5.14. The van der Waals surface area contributed by atoms with Gasteiger partial charge in [0.25, 0.3) is 0 Å². The van der Waals surface area contributed by atoms with E-state index in [1.54, 1.807) is 0 Å². The van der Waals surface area contributed by atoms with E-state index >= 15 is 0 Å². The van der Waals surface area contributed by atoms with Gasteiger partial charge in [-0.15, -0.1) is 0 Å². The third kappa shape index (κ3) is 13.3. The van der Waals surface area contributed by atoms with Crippen LogP contribution in [0.1, 0.15) is 38.2 Å². The van der Waals surface area contributed by atoms with Gasteiger partial charge in [0, 0.05) is 0 Å². The molecule has 3 heteroatoms. The van der Waals surface area contributed by atoms with Crippen LogP contribution in [0, 0.1) is 0 Å². The fourth-order valence-electron chi connectivity index (χ4n) is 1.63. The molecule has 0 aliphatic heterocycles. The van der Waals surface area contributed by atoms with Crippen molar-refractivity contribution in [3.8, 4) is 0 Å². The summed E-state index contributed by atoms with van der Waals surface area (Å²) < 4.78 is 4.63. The fourth-order valence-corrected chi connectivity index (χ4v) is 1.63. The molecule has 1 aromatic carbocycles. The molecule has 0 spiro atoms. The van der Waals surface area contributed by atoms with Crippen LogP contribution in [0.2, 0.25) is 0 Å². The molecular weight excluding hydrogens is 240 g/mol. The first kappa shape index (κ1) is 18.1. The zero-order chi connectivity index (χ0) is 14.2. The summed E-state index contributed by atoms with van der Waals surface area (Å²) in [6, 6.07) is 10.7. The van der Waals surface area contributed by atoms with Crippen molar-refractivity contribution in [3.63, 3.8) is 0 Å². The van der Waals surface area contributed by atoms with Gasteiger partial charge < -0.3 is 14.9 Å². The number of ether oxygens (including phenoxy) is 1. The second-order valence-electron chi connectivity index (χ2n) is 4.36. The zero-order valence-electron chi connectivity index (χ0n) is 12.1. The van der Waals surface area contributed by atoms with Gasteiger partial charge in [0.1, 0.15) is 0 Å². The average molecular weight is 268 g/mol. The van der Waals surface area contributed by atoms with Crippen LogP contribution in [0.15, 0.2) is 30.3 Å². The van der Waals surface area contributed by atoms with Crippen molar-refractivity contribution < 1.29 is 14.9 Å². The van der Waals surface area contributed by atoms with Gasteiger partial charge in [-0.1, -0.05) is 56.5 Å². The predicted octanol–water partition coefficient (Wildman–Crippen LogP) is 2.80. The summed E-state index contributed by atoms with van der Waals surface area (Å²) in [6.45, 7) is 2.95.